The summed E-state index contributed by atoms with van der Waals surface area (Å²) >= 11 is 0. The molecular weight excluding hydrogens is 234 g/mol. The van der Waals surface area contributed by atoms with Crippen molar-refractivity contribution in [3.63, 3.8) is 0 Å². The fourth-order valence-electron chi connectivity index (χ4n) is 1.55. The normalized spacial score (nSPS) is 19.6. The molecule has 0 aromatic heterocycles. The minimum Gasteiger partial charge on any atom is -0.397 e. The van der Waals surface area contributed by atoms with Crippen molar-refractivity contribution >= 4 is 25.5 Å². The summed E-state index contributed by atoms with van der Waals surface area (Å²) in [6.07, 6.45) is 1.75. The fourth-order valence-corrected chi connectivity index (χ4v) is 3.69. The average molecular weight is 244 g/mol. The van der Waals surface area contributed by atoms with Crippen LogP contribution in [0.3, 0.4) is 0 Å². The third-order valence-corrected chi connectivity index (χ3v) is 4.42. The van der Waals surface area contributed by atoms with Gasteiger partial charge in [-0.05, 0) is 11.6 Å². The molecule has 1 unspecified atom stereocenters. The van der Waals surface area contributed by atoms with Crippen molar-refractivity contribution in [2.75, 3.05) is 0 Å². The maximum atomic E-state index is 10.9. The molecule has 1 aromatic rings. The summed E-state index contributed by atoms with van der Waals surface area (Å²) in [5.74, 6) is 0. The topological polar surface area (TPSA) is 83.6 Å². The predicted octanol–water partition coefficient (Wildman–Crippen LogP) is 1.27. The summed E-state index contributed by atoms with van der Waals surface area (Å²) in [4.78, 5) is 0. The molecule has 0 saturated carbocycles. The first kappa shape index (κ1) is 10.6. The van der Waals surface area contributed by atoms with E-state index < -0.39 is 14.3 Å². The zero-order chi connectivity index (χ0) is 11.1. The molecule has 0 saturated heterocycles. The number of fused-ring (bicyclic) bond motifs is 1. The molecule has 4 N–H and O–H groups in total. The number of nitrogens with two attached hydrogens (primary N) is 1. The summed E-state index contributed by atoms with van der Waals surface area (Å²) in [5.41, 5.74) is 8.00. The first-order valence-electron chi connectivity index (χ1n) is 4.20. The van der Waals surface area contributed by atoms with E-state index in [0.717, 1.165) is 11.1 Å². The Labute approximate surface area is 91.1 Å². The second kappa shape index (κ2) is 3.57. The Morgan fingerprint density at radius 2 is 2.00 bits per heavy atom. The number of hydrogen-bond acceptors (Lipinski definition) is 2. The molecule has 0 bridgehead atoms. The van der Waals surface area contributed by atoms with Gasteiger partial charge in [0.2, 0.25) is 0 Å². The van der Waals surface area contributed by atoms with Crippen LogP contribution >= 0.6 is 0 Å². The lowest BCUT2D eigenvalue weighted by molar-refractivity contribution is 0.450. The molecule has 1 aromatic carbocycles. The third-order valence-electron chi connectivity index (χ3n) is 2.12. The Morgan fingerprint density at radius 1 is 1.33 bits per heavy atom. The van der Waals surface area contributed by atoms with E-state index in [2.05, 4.69) is 0 Å². The molecule has 6 heteroatoms. The Hall–Kier alpha value is -0.950. The van der Waals surface area contributed by atoms with Gasteiger partial charge in [-0.15, -0.1) is 0 Å². The maximum Gasteiger partial charge on any atom is 0.431 e. The van der Waals surface area contributed by atoms with Crippen LogP contribution in [0.5, 0.6) is 0 Å². The molecule has 0 radical (unpaired) electrons. The average Bonchev–Trinajstić information content (AvgIpc) is 2.41. The lowest BCUT2D eigenvalue weighted by atomic mass is 10.1. The zero-order valence-electron chi connectivity index (χ0n) is 7.66. The van der Waals surface area contributed by atoms with Crippen LogP contribution in [0.1, 0.15) is 16.4 Å². The molecule has 0 amide bonds. The molecule has 1 aliphatic carbocycles. The van der Waals surface area contributed by atoms with E-state index >= 15 is 0 Å². The van der Waals surface area contributed by atoms with Gasteiger partial charge in [-0.1, -0.05) is 24.3 Å². The summed E-state index contributed by atoms with van der Waals surface area (Å²) < 4.78 is 28.7. The quantitative estimate of drug-likeness (QED) is 0.650. The van der Waals surface area contributed by atoms with Gasteiger partial charge < -0.3 is 5.73 Å². The fraction of sp³-hybridized carbons (Fsp3) is 0.111. The van der Waals surface area contributed by atoms with Gasteiger partial charge in [0.1, 0.15) is 0 Å². The molecule has 1 aliphatic rings. The lowest BCUT2D eigenvalue weighted by Gasteiger charge is -1.97. The number of benzene rings is 1. The molecular formula is C9H10NO3S2+. The first-order chi connectivity index (χ1) is 6.97. The molecule has 0 heterocycles. The van der Waals surface area contributed by atoms with Gasteiger partial charge in [0.05, 0.1) is 5.70 Å². The highest BCUT2D eigenvalue weighted by Gasteiger charge is 2.34. The van der Waals surface area contributed by atoms with Crippen LogP contribution < -0.4 is 5.73 Å². The minimum absolute atomic E-state index is 0.441. The maximum absolute atomic E-state index is 10.9. The second-order valence-corrected chi connectivity index (χ2v) is 6.64. The highest BCUT2D eigenvalue weighted by Crippen LogP contribution is 2.33. The van der Waals surface area contributed by atoms with Crippen molar-refractivity contribution in [1.82, 2.24) is 0 Å². The molecule has 0 fully saturated rings. The standard InChI is InChI=1S/C9H9NO3S2/c10-8-5-6-3-1-2-4-7(6)9(8)14-15(11,12)13/h1-5,9H,10H2,(H-,11,12,13)/p+1. The van der Waals surface area contributed by atoms with E-state index in [1.807, 2.05) is 24.3 Å². The summed E-state index contributed by atoms with van der Waals surface area (Å²) in [6.45, 7) is 0. The van der Waals surface area contributed by atoms with Crippen molar-refractivity contribution in [2.24, 2.45) is 5.73 Å². The smallest absolute Gasteiger partial charge is 0.397 e. The van der Waals surface area contributed by atoms with Gasteiger partial charge in [-0.2, -0.15) is 4.21 Å². The van der Waals surface area contributed by atoms with E-state index in [4.69, 9.17) is 14.8 Å². The largest absolute Gasteiger partial charge is 0.431 e. The van der Waals surface area contributed by atoms with Crippen molar-refractivity contribution in [2.45, 2.75) is 5.25 Å². The van der Waals surface area contributed by atoms with Gasteiger partial charge in [0.15, 0.2) is 0 Å². The van der Waals surface area contributed by atoms with Crippen LogP contribution in [0.15, 0.2) is 30.0 Å². The zero-order valence-corrected chi connectivity index (χ0v) is 9.29. The van der Waals surface area contributed by atoms with Crippen molar-refractivity contribution in [3.8, 4) is 0 Å². The van der Waals surface area contributed by atoms with Crippen molar-refractivity contribution in [1.29, 1.82) is 0 Å². The number of hydrogen-bond donors (Lipinski definition) is 3. The van der Waals surface area contributed by atoms with Gasteiger partial charge in [0, 0.05) is 5.56 Å². The first-order valence-corrected chi connectivity index (χ1v) is 7.07. The monoisotopic (exact) mass is 244 g/mol. The predicted molar refractivity (Wildman–Crippen MR) is 62.1 cm³/mol. The Bertz CT molecular complexity index is 536. The van der Waals surface area contributed by atoms with Crippen LogP contribution in [-0.4, -0.2) is 13.3 Å². The van der Waals surface area contributed by atoms with Crippen molar-refractivity contribution in [3.05, 3.63) is 41.1 Å². The van der Waals surface area contributed by atoms with Crippen LogP contribution in [-0.2, 0) is 19.4 Å². The van der Waals surface area contributed by atoms with Crippen LogP contribution in [0.25, 0.3) is 6.08 Å². The second-order valence-electron chi connectivity index (χ2n) is 3.20. The van der Waals surface area contributed by atoms with E-state index in [1.54, 1.807) is 6.08 Å². The van der Waals surface area contributed by atoms with E-state index in [9.17, 15) is 4.21 Å². The van der Waals surface area contributed by atoms with E-state index in [-0.39, 0.29) is 0 Å². The summed E-state index contributed by atoms with van der Waals surface area (Å²) in [7, 11) is -3.28. The number of rotatable bonds is 1. The molecule has 0 spiro atoms. The molecule has 2 rings (SSSR count). The molecule has 1 atom stereocenters. The SMILES string of the molecule is NC1=Cc2ccccc2C1[S+]=S(=O)(O)O. The third kappa shape index (κ3) is 2.18. The molecule has 4 nitrogen and oxygen atoms in total. The van der Waals surface area contributed by atoms with Crippen LogP contribution in [0.2, 0.25) is 0 Å². The Morgan fingerprint density at radius 3 is 2.67 bits per heavy atom. The summed E-state index contributed by atoms with van der Waals surface area (Å²) in [5, 5.41) is -0.441. The van der Waals surface area contributed by atoms with Crippen molar-refractivity contribution < 1.29 is 13.3 Å². The van der Waals surface area contributed by atoms with Gasteiger partial charge >= 0.3 is 19.4 Å². The lowest BCUT2D eigenvalue weighted by Crippen LogP contribution is -2.09. The molecule has 80 valence electrons. The molecule has 0 aliphatic heterocycles. The Balaban J connectivity index is 2.54. The van der Waals surface area contributed by atoms with E-state index in [0.29, 0.717) is 16.0 Å². The Kier molecular flexibility index (Phi) is 2.51. The summed E-state index contributed by atoms with van der Waals surface area (Å²) in [6, 6.07) is 7.40. The van der Waals surface area contributed by atoms with Gasteiger partial charge in [-0.3, -0.25) is 9.11 Å². The van der Waals surface area contributed by atoms with Gasteiger partial charge in [-0.25, -0.2) is 0 Å². The highest BCUT2D eigenvalue weighted by molar-refractivity contribution is 8.34. The highest BCUT2D eigenvalue weighted by atomic mass is 32.9. The van der Waals surface area contributed by atoms with E-state index in [1.165, 1.54) is 0 Å². The molecule has 15 heavy (non-hydrogen) atoms. The van der Waals surface area contributed by atoms with Crippen LogP contribution in [0.4, 0.5) is 0 Å². The van der Waals surface area contributed by atoms with Crippen LogP contribution in [0, 0.1) is 0 Å². The minimum atomic E-state index is -3.84. The van der Waals surface area contributed by atoms with Gasteiger partial charge in [0.25, 0.3) is 5.25 Å².